The summed E-state index contributed by atoms with van der Waals surface area (Å²) in [6.45, 7) is 12.0. The third kappa shape index (κ3) is 2.72. The minimum atomic E-state index is -0.0854. The second-order valence-corrected chi connectivity index (χ2v) is 8.13. The van der Waals surface area contributed by atoms with Crippen molar-refractivity contribution in [1.82, 2.24) is 9.88 Å². The van der Waals surface area contributed by atoms with Gasteiger partial charge >= 0.3 is 0 Å². The summed E-state index contributed by atoms with van der Waals surface area (Å²) >= 11 is 0. The molecule has 1 unspecified atom stereocenters. The summed E-state index contributed by atoms with van der Waals surface area (Å²) in [4.78, 5) is 18.9. The van der Waals surface area contributed by atoms with Crippen LogP contribution in [-0.2, 0) is 0 Å². The van der Waals surface area contributed by atoms with Crippen LogP contribution in [0.5, 0.6) is 5.75 Å². The summed E-state index contributed by atoms with van der Waals surface area (Å²) in [6.07, 6.45) is 1.07. The average molecular weight is 342 g/mol. The Morgan fingerprint density at radius 2 is 1.96 bits per heavy atom. The van der Waals surface area contributed by atoms with Crippen LogP contribution in [0.15, 0.2) is 24.3 Å². The van der Waals surface area contributed by atoms with Crippen LogP contribution in [0.4, 0.5) is 0 Å². The Bertz CT molecular complexity index is 767. The third-order valence-electron chi connectivity index (χ3n) is 5.99. The highest BCUT2D eigenvalue weighted by Gasteiger charge is 2.50. The number of amides is 1. The van der Waals surface area contributed by atoms with E-state index in [0.29, 0.717) is 23.4 Å². The Morgan fingerprint density at radius 3 is 2.56 bits per heavy atom. The minimum Gasteiger partial charge on any atom is -0.496 e. The number of carbonyl (C=O) groups is 1. The molecule has 2 heterocycles. The zero-order valence-electron chi connectivity index (χ0n) is 16.2. The topological polar surface area (TPSA) is 45.3 Å². The molecule has 136 valence electrons. The zero-order valence-corrected chi connectivity index (χ0v) is 16.2. The maximum absolute atomic E-state index is 13.4. The van der Waals surface area contributed by atoms with E-state index in [1.165, 1.54) is 0 Å². The van der Waals surface area contributed by atoms with Gasteiger partial charge in [0.05, 0.1) is 7.11 Å². The van der Waals surface area contributed by atoms with Gasteiger partial charge in [-0.2, -0.15) is 0 Å². The largest absolute Gasteiger partial charge is 0.496 e. The summed E-state index contributed by atoms with van der Waals surface area (Å²) in [5, 5.41) is 0.959. The summed E-state index contributed by atoms with van der Waals surface area (Å²) in [6, 6.07) is 7.79. The van der Waals surface area contributed by atoms with E-state index in [1.54, 1.807) is 7.11 Å². The van der Waals surface area contributed by atoms with Gasteiger partial charge in [0.25, 0.3) is 5.91 Å². The number of nitrogens with zero attached hydrogens (tertiary/aromatic N) is 1. The number of fused-ring (bicyclic) bond motifs is 1. The molecule has 2 aromatic rings. The molecule has 1 fully saturated rings. The molecule has 1 amide bonds. The molecule has 25 heavy (non-hydrogen) atoms. The molecular weight excluding hydrogens is 312 g/mol. The Balaban J connectivity index is 2.04. The lowest BCUT2D eigenvalue weighted by molar-refractivity contribution is 0.0291. The highest BCUT2D eigenvalue weighted by Crippen LogP contribution is 2.45. The number of benzene rings is 1. The van der Waals surface area contributed by atoms with Crippen LogP contribution in [0.2, 0.25) is 0 Å². The van der Waals surface area contributed by atoms with Gasteiger partial charge in [-0.25, -0.2) is 0 Å². The molecule has 1 aromatic heterocycles. The van der Waals surface area contributed by atoms with E-state index in [9.17, 15) is 4.79 Å². The molecule has 1 atom stereocenters. The van der Waals surface area contributed by atoms with Gasteiger partial charge in [-0.1, -0.05) is 40.7 Å². The number of aromatic amines is 1. The second-order valence-electron chi connectivity index (χ2n) is 8.13. The number of hydrogen-bond acceptors (Lipinski definition) is 2. The molecule has 1 aliphatic rings. The SMILES string of the molecule is COc1cccc2[nH]c(C(=O)N3CC(C)CC3(C(C)C)C(C)C)cc12. The van der Waals surface area contributed by atoms with E-state index in [-0.39, 0.29) is 11.4 Å². The molecule has 0 aliphatic carbocycles. The van der Waals surface area contributed by atoms with Gasteiger partial charge < -0.3 is 14.6 Å². The van der Waals surface area contributed by atoms with E-state index in [0.717, 1.165) is 29.6 Å². The molecule has 0 saturated carbocycles. The molecular formula is C21H30N2O2. The van der Waals surface area contributed by atoms with Gasteiger partial charge in [0.2, 0.25) is 0 Å². The summed E-state index contributed by atoms with van der Waals surface area (Å²) < 4.78 is 5.44. The van der Waals surface area contributed by atoms with Crippen molar-refractivity contribution in [1.29, 1.82) is 0 Å². The standard InChI is InChI=1S/C21H30N2O2/c1-13(2)21(14(3)4)11-15(5)12-23(21)20(24)18-10-16-17(22-18)8-7-9-19(16)25-6/h7-10,13-15,22H,11-12H2,1-6H3. The summed E-state index contributed by atoms with van der Waals surface area (Å²) in [5.74, 6) is 2.25. The highest BCUT2D eigenvalue weighted by atomic mass is 16.5. The minimum absolute atomic E-state index is 0.0854. The quantitative estimate of drug-likeness (QED) is 0.874. The van der Waals surface area contributed by atoms with Crippen LogP contribution >= 0.6 is 0 Å². The van der Waals surface area contributed by atoms with Crippen LogP contribution < -0.4 is 4.74 Å². The molecule has 0 radical (unpaired) electrons. The zero-order chi connectivity index (χ0) is 18.4. The molecule has 4 heteroatoms. The fourth-order valence-electron chi connectivity index (χ4n) is 4.81. The van der Waals surface area contributed by atoms with Crippen LogP contribution in [-0.4, -0.2) is 35.0 Å². The predicted octanol–water partition coefficient (Wildman–Crippen LogP) is 4.71. The number of H-pyrrole nitrogens is 1. The van der Waals surface area contributed by atoms with Crippen molar-refractivity contribution in [2.24, 2.45) is 17.8 Å². The van der Waals surface area contributed by atoms with E-state index in [2.05, 4.69) is 44.5 Å². The van der Waals surface area contributed by atoms with Crippen molar-refractivity contribution in [3.8, 4) is 5.75 Å². The second kappa shape index (κ2) is 6.40. The van der Waals surface area contributed by atoms with Gasteiger partial charge in [0.15, 0.2) is 0 Å². The monoisotopic (exact) mass is 342 g/mol. The van der Waals surface area contributed by atoms with Crippen LogP contribution in [0.3, 0.4) is 0 Å². The lowest BCUT2D eigenvalue weighted by Crippen LogP contribution is -2.54. The predicted molar refractivity (Wildman–Crippen MR) is 102 cm³/mol. The molecule has 1 saturated heterocycles. The molecule has 4 nitrogen and oxygen atoms in total. The fraction of sp³-hybridized carbons (Fsp3) is 0.571. The molecule has 1 N–H and O–H groups in total. The van der Waals surface area contributed by atoms with Crippen molar-refractivity contribution in [3.63, 3.8) is 0 Å². The normalized spacial score (nSPS) is 20.0. The molecule has 1 aromatic carbocycles. The maximum atomic E-state index is 13.4. The Hall–Kier alpha value is -1.97. The van der Waals surface area contributed by atoms with Gasteiger partial charge in [-0.05, 0) is 42.4 Å². The molecule has 3 rings (SSSR count). The van der Waals surface area contributed by atoms with Gasteiger partial charge in [-0.3, -0.25) is 4.79 Å². The number of ether oxygens (including phenoxy) is 1. The number of aromatic nitrogens is 1. The first-order valence-electron chi connectivity index (χ1n) is 9.29. The van der Waals surface area contributed by atoms with Gasteiger partial charge in [0.1, 0.15) is 11.4 Å². The number of likely N-dealkylation sites (tertiary alicyclic amines) is 1. The summed E-state index contributed by atoms with van der Waals surface area (Å²) in [7, 11) is 1.66. The van der Waals surface area contributed by atoms with Crippen molar-refractivity contribution in [2.75, 3.05) is 13.7 Å². The van der Waals surface area contributed by atoms with Crippen molar-refractivity contribution >= 4 is 16.8 Å². The Morgan fingerprint density at radius 1 is 1.28 bits per heavy atom. The maximum Gasteiger partial charge on any atom is 0.270 e. The van der Waals surface area contributed by atoms with Gasteiger partial charge in [0, 0.05) is 23.0 Å². The molecule has 0 spiro atoms. The number of hydrogen-bond donors (Lipinski definition) is 1. The van der Waals surface area contributed by atoms with Crippen molar-refractivity contribution in [2.45, 2.75) is 46.6 Å². The Kier molecular flexibility index (Phi) is 4.56. The smallest absolute Gasteiger partial charge is 0.270 e. The van der Waals surface area contributed by atoms with Crippen LogP contribution in [0.1, 0.15) is 51.5 Å². The third-order valence-corrected chi connectivity index (χ3v) is 5.99. The number of rotatable bonds is 4. The first-order valence-corrected chi connectivity index (χ1v) is 9.29. The lowest BCUT2D eigenvalue weighted by Gasteiger charge is -2.45. The first kappa shape index (κ1) is 17.8. The number of nitrogens with one attached hydrogen (secondary N) is 1. The molecule has 1 aliphatic heterocycles. The molecule has 0 bridgehead atoms. The van der Waals surface area contributed by atoms with Crippen molar-refractivity contribution in [3.05, 3.63) is 30.0 Å². The van der Waals surface area contributed by atoms with E-state index >= 15 is 0 Å². The van der Waals surface area contributed by atoms with Crippen LogP contribution in [0, 0.1) is 17.8 Å². The fourth-order valence-corrected chi connectivity index (χ4v) is 4.81. The van der Waals surface area contributed by atoms with E-state index < -0.39 is 0 Å². The first-order chi connectivity index (χ1) is 11.8. The van der Waals surface area contributed by atoms with Gasteiger partial charge in [-0.15, -0.1) is 0 Å². The summed E-state index contributed by atoms with van der Waals surface area (Å²) in [5.41, 5.74) is 1.51. The Labute approximate surface area is 150 Å². The lowest BCUT2D eigenvalue weighted by atomic mass is 9.73. The van der Waals surface area contributed by atoms with Crippen molar-refractivity contribution < 1.29 is 9.53 Å². The number of carbonyl (C=O) groups excluding carboxylic acids is 1. The average Bonchev–Trinajstić information content (AvgIpc) is 3.15. The van der Waals surface area contributed by atoms with E-state index in [1.807, 2.05) is 24.3 Å². The van der Waals surface area contributed by atoms with Crippen LogP contribution in [0.25, 0.3) is 10.9 Å². The van der Waals surface area contributed by atoms with E-state index in [4.69, 9.17) is 4.74 Å². The number of methoxy groups -OCH3 is 1. The highest BCUT2D eigenvalue weighted by molar-refractivity contribution is 6.00.